The summed E-state index contributed by atoms with van der Waals surface area (Å²) in [6.07, 6.45) is 13.7. The van der Waals surface area contributed by atoms with E-state index in [0.717, 1.165) is 23.8 Å². The molecule has 1 aromatic rings. The third-order valence-corrected chi connectivity index (χ3v) is 5.76. The monoisotopic (exact) mass is 362 g/mol. The molecular weight excluding hydrogens is 320 g/mol. The van der Waals surface area contributed by atoms with Crippen molar-refractivity contribution in [1.82, 2.24) is 0 Å². The van der Waals surface area contributed by atoms with E-state index in [1.165, 1.54) is 64.2 Å². The van der Waals surface area contributed by atoms with E-state index in [9.17, 15) is 10.2 Å². The van der Waals surface area contributed by atoms with Crippen LogP contribution in [0.4, 0.5) is 0 Å². The summed E-state index contributed by atoms with van der Waals surface area (Å²) >= 11 is 0. The Labute approximate surface area is 162 Å². The van der Waals surface area contributed by atoms with Crippen LogP contribution in [-0.2, 0) is 6.42 Å². The van der Waals surface area contributed by atoms with Gasteiger partial charge in [-0.25, -0.2) is 0 Å². The number of hydrogen-bond donors (Lipinski definition) is 2. The second-order valence-corrected chi connectivity index (χ2v) is 8.53. The molecule has 0 aliphatic heterocycles. The fraction of sp³-hybridized carbons (Fsp3) is 0.750. The van der Waals surface area contributed by atoms with Crippen molar-refractivity contribution >= 4 is 0 Å². The first kappa shape index (κ1) is 22.9. The summed E-state index contributed by atoms with van der Waals surface area (Å²) in [6, 6.07) is 4.92. The van der Waals surface area contributed by atoms with Crippen LogP contribution in [0.1, 0.15) is 97.5 Å². The van der Waals surface area contributed by atoms with E-state index in [0.29, 0.717) is 11.7 Å². The molecule has 0 aliphatic rings. The molecule has 3 atom stereocenters. The van der Waals surface area contributed by atoms with Crippen molar-refractivity contribution in [3.05, 3.63) is 23.8 Å². The quantitative estimate of drug-likeness (QED) is 0.266. The number of hydrogen-bond acceptors (Lipinski definition) is 2. The van der Waals surface area contributed by atoms with Gasteiger partial charge in [-0.15, -0.1) is 0 Å². The van der Waals surface area contributed by atoms with E-state index < -0.39 is 0 Å². The second kappa shape index (κ2) is 13.1. The molecule has 26 heavy (non-hydrogen) atoms. The standard InChI is InChI=1S/C24H42O2/c1-5-9-19(3)11-7-8-12-21(14-13-20(4)10-6-2)17-22-18-23(25)15-16-24(22)26/h15-16,18-21,25-26H,5-14,17H2,1-4H3. The van der Waals surface area contributed by atoms with Gasteiger partial charge in [-0.05, 0) is 54.4 Å². The molecular formula is C24H42O2. The van der Waals surface area contributed by atoms with E-state index in [1.807, 2.05) is 0 Å². The Hall–Kier alpha value is -1.18. The van der Waals surface area contributed by atoms with Gasteiger partial charge < -0.3 is 10.2 Å². The maximum atomic E-state index is 10.1. The zero-order valence-electron chi connectivity index (χ0n) is 17.6. The van der Waals surface area contributed by atoms with E-state index in [-0.39, 0.29) is 5.75 Å². The van der Waals surface area contributed by atoms with Crippen LogP contribution in [-0.4, -0.2) is 10.2 Å². The third kappa shape index (κ3) is 9.50. The molecule has 0 spiro atoms. The first-order valence-electron chi connectivity index (χ1n) is 11.0. The molecule has 1 rings (SSSR count). The number of aromatic hydroxyl groups is 2. The van der Waals surface area contributed by atoms with Gasteiger partial charge in [0.05, 0.1) is 0 Å². The Bertz CT molecular complexity index is 483. The zero-order valence-corrected chi connectivity index (χ0v) is 17.6. The van der Waals surface area contributed by atoms with E-state index in [4.69, 9.17) is 0 Å². The maximum absolute atomic E-state index is 10.1. The molecule has 2 nitrogen and oxygen atoms in total. The van der Waals surface area contributed by atoms with Crippen LogP contribution in [0.25, 0.3) is 0 Å². The Balaban J connectivity index is 2.56. The SMILES string of the molecule is CCCC(C)CCCCC(CCC(C)CCC)Cc1cc(O)ccc1O. The largest absolute Gasteiger partial charge is 0.508 e. The van der Waals surface area contributed by atoms with E-state index in [1.54, 1.807) is 18.2 Å². The topological polar surface area (TPSA) is 40.5 Å². The van der Waals surface area contributed by atoms with Crippen molar-refractivity contribution in [2.24, 2.45) is 17.8 Å². The van der Waals surface area contributed by atoms with Crippen LogP contribution < -0.4 is 0 Å². The normalized spacial score (nSPS) is 14.9. The smallest absolute Gasteiger partial charge is 0.119 e. The van der Waals surface area contributed by atoms with Gasteiger partial charge in [-0.2, -0.15) is 0 Å². The number of unbranched alkanes of at least 4 members (excludes halogenated alkanes) is 1. The van der Waals surface area contributed by atoms with Gasteiger partial charge in [-0.1, -0.05) is 85.5 Å². The molecule has 0 fully saturated rings. The van der Waals surface area contributed by atoms with Gasteiger partial charge in [0.2, 0.25) is 0 Å². The molecule has 1 aromatic carbocycles. The fourth-order valence-corrected chi connectivity index (χ4v) is 4.12. The van der Waals surface area contributed by atoms with Crippen LogP contribution in [0.3, 0.4) is 0 Å². The zero-order chi connectivity index (χ0) is 19.4. The van der Waals surface area contributed by atoms with Crippen molar-refractivity contribution in [3.63, 3.8) is 0 Å². The lowest BCUT2D eigenvalue weighted by molar-refractivity contribution is 0.352. The highest BCUT2D eigenvalue weighted by Gasteiger charge is 2.15. The lowest BCUT2D eigenvalue weighted by Crippen LogP contribution is -2.08. The molecule has 0 saturated carbocycles. The molecule has 0 aliphatic carbocycles. The number of phenolic OH excluding ortho intramolecular Hbond substituents is 2. The molecule has 0 aromatic heterocycles. The van der Waals surface area contributed by atoms with Gasteiger partial charge in [0.1, 0.15) is 11.5 Å². The summed E-state index contributed by atoms with van der Waals surface area (Å²) < 4.78 is 0. The molecule has 0 saturated heterocycles. The maximum Gasteiger partial charge on any atom is 0.119 e. The van der Waals surface area contributed by atoms with Crippen LogP contribution in [0.2, 0.25) is 0 Å². The Morgan fingerprint density at radius 3 is 2.04 bits per heavy atom. The van der Waals surface area contributed by atoms with Gasteiger partial charge in [0.25, 0.3) is 0 Å². The highest BCUT2D eigenvalue weighted by Crippen LogP contribution is 2.30. The van der Waals surface area contributed by atoms with Crippen LogP contribution >= 0.6 is 0 Å². The van der Waals surface area contributed by atoms with Crippen molar-refractivity contribution < 1.29 is 10.2 Å². The average molecular weight is 363 g/mol. The minimum absolute atomic E-state index is 0.254. The Kier molecular flexibility index (Phi) is 11.5. The minimum Gasteiger partial charge on any atom is -0.508 e. The average Bonchev–Trinajstić information content (AvgIpc) is 2.60. The molecule has 0 radical (unpaired) electrons. The summed E-state index contributed by atoms with van der Waals surface area (Å²) in [5.41, 5.74) is 0.900. The molecule has 0 amide bonds. The number of phenols is 2. The summed E-state index contributed by atoms with van der Waals surface area (Å²) in [4.78, 5) is 0. The predicted octanol–water partition coefficient (Wildman–Crippen LogP) is 7.47. The summed E-state index contributed by atoms with van der Waals surface area (Å²) in [6.45, 7) is 9.26. The van der Waals surface area contributed by atoms with Crippen molar-refractivity contribution in [1.29, 1.82) is 0 Å². The summed E-state index contributed by atoms with van der Waals surface area (Å²) in [5.74, 6) is 2.81. The third-order valence-electron chi connectivity index (χ3n) is 5.76. The highest BCUT2D eigenvalue weighted by atomic mass is 16.3. The number of rotatable bonds is 14. The lowest BCUT2D eigenvalue weighted by atomic mass is 9.86. The molecule has 3 unspecified atom stereocenters. The van der Waals surface area contributed by atoms with E-state index >= 15 is 0 Å². The molecule has 0 heterocycles. The minimum atomic E-state index is 0.254. The van der Waals surface area contributed by atoms with Crippen LogP contribution in [0.15, 0.2) is 18.2 Å². The number of benzene rings is 1. The summed E-state index contributed by atoms with van der Waals surface area (Å²) in [5, 5.41) is 19.9. The predicted molar refractivity (Wildman–Crippen MR) is 113 cm³/mol. The molecule has 150 valence electrons. The lowest BCUT2D eigenvalue weighted by Gasteiger charge is -2.20. The van der Waals surface area contributed by atoms with Crippen molar-refractivity contribution in [3.8, 4) is 11.5 Å². The second-order valence-electron chi connectivity index (χ2n) is 8.53. The van der Waals surface area contributed by atoms with Gasteiger partial charge >= 0.3 is 0 Å². The van der Waals surface area contributed by atoms with Gasteiger partial charge in [-0.3, -0.25) is 0 Å². The van der Waals surface area contributed by atoms with Gasteiger partial charge in [0, 0.05) is 0 Å². The van der Waals surface area contributed by atoms with Crippen LogP contribution in [0.5, 0.6) is 11.5 Å². The van der Waals surface area contributed by atoms with Crippen molar-refractivity contribution in [2.45, 2.75) is 98.3 Å². The Morgan fingerprint density at radius 2 is 1.38 bits per heavy atom. The summed E-state index contributed by atoms with van der Waals surface area (Å²) in [7, 11) is 0. The molecule has 2 heteroatoms. The van der Waals surface area contributed by atoms with E-state index in [2.05, 4.69) is 27.7 Å². The first-order chi connectivity index (χ1) is 12.5. The Morgan fingerprint density at radius 1 is 0.769 bits per heavy atom. The molecule has 0 bridgehead atoms. The highest BCUT2D eigenvalue weighted by molar-refractivity contribution is 5.38. The fourth-order valence-electron chi connectivity index (χ4n) is 4.12. The van der Waals surface area contributed by atoms with Crippen LogP contribution in [0, 0.1) is 17.8 Å². The molecule has 2 N–H and O–H groups in total. The van der Waals surface area contributed by atoms with Crippen molar-refractivity contribution in [2.75, 3.05) is 0 Å². The van der Waals surface area contributed by atoms with Gasteiger partial charge in [0.15, 0.2) is 0 Å². The first-order valence-corrected chi connectivity index (χ1v) is 11.0.